The fraction of sp³-hybridized carbons (Fsp3) is 0.917. The van der Waals surface area contributed by atoms with Gasteiger partial charge in [-0.1, -0.05) is 103 Å². The van der Waals surface area contributed by atoms with Crippen molar-refractivity contribution in [2.24, 2.45) is 0 Å². The van der Waals surface area contributed by atoms with Crippen molar-refractivity contribution in [2.75, 3.05) is 6.61 Å². The molecular formula is C24H46O8S. The molecule has 0 aliphatic carbocycles. The van der Waals surface area contributed by atoms with Crippen LogP contribution in [0.3, 0.4) is 0 Å². The lowest BCUT2D eigenvalue weighted by Crippen LogP contribution is -2.36. The first-order valence-electron chi connectivity index (χ1n) is 12.7. The molecule has 0 aromatic heterocycles. The highest BCUT2D eigenvalue weighted by Crippen LogP contribution is 2.14. The normalized spacial score (nSPS) is 13.5. The molecule has 0 radical (unpaired) electrons. The maximum Gasteiger partial charge on any atom is 0.329 e. The molecule has 0 saturated carbocycles. The van der Waals surface area contributed by atoms with E-state index in [4.69, 9.17) is 19.1 Å². The quantitative estimate of drug-likeness (QED) is 0.0779. The highest BCUT2D eigenvalue weighted by atomic mass is 32.2. The molecular weight excluding hydrogens is 448 g/mol. The highest BCUT2D eigenvalue weighted by molar-refractivity contribution is 7.87. The molecule has 2 unspecified atom stereocenters. The van der Waals surface area contributed by atoms with Crippen LogP contribution in [0.2, 0.25) is 0 Å². The molecule has 8 nitrogen and oxygen atoms in total. The van der Waals surface area contributed by atoms with Crippen LogP contribution in [0.15, 0.2) is 0 Å². The summed E-state index contributed by atoms with van der Waals surface area (Å²) in [4.78, 5) is 22.5. The van der Waals surface area contributed by atoms with Gasteiger partial charge < -0.3 is 14.6 Å². The lowest BCUT2D eigenvalue weighted by molar-refractivity contribution is -0.175. The number of carbonyl (C=O) groups excluding carboxylic acids is 1. The van der Waals surface area contributed by atoms with E-state index >= 15 is 0 Å². The molecule has 0 aliphatic heterocycles. The standard InChI is InChI=1S/C24H46O8S/c1-3-4-5-6-7-8-9-10-11-12-13-14-15-16-17-18-19-31-21(2)32-24(27)22(20-23(25)26)33(28,29)30/h21-22H,3-20H2,1-2H3,(H,25,26)(H,28,29,30). The second kappa shape index (κ2) is 20.2. The Balaban J connectivity index is 3.59. The molecule has 0 aromatic rings. The summed E-state index contributed by atoms with van der Waals surface area (Å²) >= 11 is 0. The van der Waals surface area contributed by atoms with Gasteiger partial charge in [0.15, 0.2) is 11.5 Å². The molecule has 2 N–H and O–H groups in total. The summed E-state index contributed by atoms with van der Waals surface area (Å²) in [5, 5.41) is 6.53. The Bertz CT molecular complexity index is 606. The molecule has 0 bridgehead atoms. The second-order valence-corrected chi connectivity index (χ2v) is 10.4. The van der Waals surface area contributed by atoms with Crippen LogP contribution in [0.1, 0.15) is 123 Å². The molecule has 0 aromatic carbocycles. The van der Waals surface area contributed by atoms with Crippen LogP contribution in [0.25, 0.3) is 0 Å². The van der Waals surface area contributed by atoms with E-state index in [0.717, 1.165) is 19.3 Å². The SMILES string of the molecule is CCCCCCCCCCCCCCCCCCOC(C)OC(=O)C(CC(=O)O)S(=O)(=O)O. The molecule has 9 heteroatoms. The van der Waals surface area contributed by atoms with Crippen LogP contribution in [0.5, 0.6) is 0 Å². The number of carbonyl (C=O) groups is 2. The van der Waals surface area contributed by atoms with Crippen molar-refractivity contribution in [3.05, 3.63) is 0 Å². The van der Waals surface area contributed by atoms with E-state index in [1.54, 1.807) is 0 Å². The van der Waals surface area contributed by atoms with Crippen LogP contribution < -0.4 is 0 Å². The highest BCUT2D eigenvalue weighted by Gasteiger charge is 2.35. The first kappa shape index (κ1) is 31.8. The molecule has 0 fully saturated rings. The summed E-state index contributed by atoms with van der Waals surface area (Å²) in [6.45, 7) is 4.02. The zero-order valence-electron chi connectivity index (χ0n) is 20.6. The molecule has 0 saturated heterocycles. The van der Waals surface area contributed by atoms with Crippen molar-refractivity contribution < 1.29 is 37.1 Å². The predicted octanol–water partition coefficient (Wildman–Crippen LogP) is 5.88. The van der Waals surface area contributed by atoms with E-state index in [2.05, 4.69) is 6.92 Å². The zero-order valence-corrected chi connectivity index (χ0v) is 21.5. The number of esters is 1. The number of rotatable bonds is 23. The Kier molecular flexibility index (Phi) is 19.5. The van der Waals surface area contributed by atoms with Gasteiger partial charge in [0.2, 0.25) is 0 Å². The Morgan fingerprint density at radius 1 is 0.758 bits per heavy atom. The van der Waals surface area contributed by atoms with Crippen molar-refractivity contribution in [3.63, 3.8) is 0 Å². The maximum atomic E-state index is 11.8. The Morgan fingerprint density at radius 2 is 1.15 bits per heavy atom. The number of hydrogen-bond acceptors (Lipinski definition) is 6. The number of unbranched alkanes of at least 4 members (excludes halogenated alkanes) is 15. The molecule has 2 atom stereocenters. The second-order valence-electron chi connectivity index (χ2n) is 8.78. The lowest BCUT2D eigenvalue weighted by Gasteiger charge is -2.17. The van der Waals surface area contributed by atoms with Crippen LogP contribution in [-0.4, -0.2) is 48.2 Å². The minimum Gasteiger partial charge on any atom is -0.481 e. The number of aliphatic carboxylic acids is 1. The first-order chi connectivity index (χ1) is 15.7. The summed E-state index contributed by atoms with van der Waals surface area (Å²) in [7, 11) is -4.87. The number of carboxylic acid groups (broad SMARTS) is 1. The lowest BCUT2D eigenvalue weighted by atomic mass is 10.0. The number of carboxylic acids is 1. The molecule has 0 rings (SSSR count). The molecule has 0 aliphatic rings. The van der Waals surface area contributed by atoms with E-state index in [-0.39, 0.29) is 0 Å². The number of ether oxygens (including phenoxy) is 2. The molecule has 0 amide bonds. The smallest absolute Gasteiger partial charge is 0.329 e. The van der Waals surface area contributed by atoms with Crippen molar-refractivity contribution in [3.8, 4) is 0 Å². The van der Waals surface area contributed by atoms with Gasteiger partial charge in [-0.25, -0.2) is 0 Å². The molecule has 196 valence electrons. The van der Waals surface area contributed by atoms with Crippen LogP contribution in [0.4, 0.5) is 0 Å². The van der Waals surface area contributed by atoms with E-state index in [9.17, 15) is 18.0 Å². The van der Waals surface area contributed by atoms with Crippen LogP contribution in [0, 0.1) is 0 Å². The average Bonchev–Trinajstić information content (AvgIpc) is 2.73. The van der Waals surface area contributed by atoms with Gasteiger partial charge in [0.25, 0.3) is 10.1 Å². The Morgan fingerprint density at radius 3 is 1.52 bits per heavy atom. The predicted molar refractivity (Wildman–Crippen MR) is 129 cm³/mol. The third-order valence-corrected chi connectivity index (χ3v) is 6.69. The first-order valence-corrected chi connectivity index (χ1v) is 14.2. The molecule has 0 heterocycles. The van der Waals surface area contributed by atoms with Gasteiger partial charge in [-0.15, -0.1) is 0 Å². The third-order valence-electron chi connectivity index (χ3n) is 5.62. The summed E-state index contributed by atoms with van der Waals surface area (Å²) < 4.78 is 41.5. The van der Waals surface area contributed by atoms with E-state index in [1.165, 1.54) is 90.4 Å². The van der Waals surface area contributed by atoms with Gasteiger partial charge in [-0.2, -0.15) is 8.42 Å². The largest absolute Gasteiger partial charge is 0.481 e. The molecule has 33 heavy (non-hydrogen) atoms. The number of hydrogen-bond donors (Lipinski definition) is 2. The average molecular weight is 495 g/mol. The van der Waals surface area contributed by atoms with Crippen molar-refractivity contribution >= 4 is 22.1 Å². The Labute approximate surface area is 200 Å². The van der Waals surface area contributed by atoms with E-state index in [0.29, 0.717) is 6.61 Å². The minimum atomic E-state index is -4.87. The summed E-state index contributed by atoms with van der Waals surface area (Å²) in [6.07, 6.45) is 18.1. The van der Waals surface area contributed by atoms with Gasteiger partial charge in [-0.05, 0) is 13.3 Å². The summed E-state index contributed by atoms with van der Waals surface area (Å²) in [6, 6.07) is 0. The summed E-state index contributed by atoms with van der Waals surface area (Å²) in [5.41, 5.74) is 0. The van der Waals surface area contributed by atoms with Crippen molar-refractivity contribution in [2.45, 2.75) is 135 Å². The van der Waals surface area contributed by atoms with Gasteiger partial charge in [0.1, 0.15) is 0 Å². The minimum absolute atomic E-state index is 0.350. The zero-order chi connectivity index (χ0) is 25.0. The monoisotopic (exact) mass is 494 g/mol. The van der Waals surface area contributed by atoms with E-state index < -0.39 is 40.0 Å². The van der Waals surface area contributed by atoms with Gasteiger partial charge in [0, 0.05) is 0 Å². The van der Waals surface area contributed by atoms with Gasteiger partial charge >= 0.3 is 11.9 Å². The van der Waals surface area contributed by atoms with Crippen LogP contribution in [-0.2, 0) is 29.2 Å². The van der Waals surface area contributed by atoms with Gasteiger partial charge in [0.05, 0.1) is 13.0 Å². The summed E-state index contributed by atoms with van der Waals surface area (Å²) in [5.74, 6) is -2.87. The van der Waals surface area contributed by atoms with Crippen molar-refractivity contribution in [1.29, 1.82) is 0 Å². The Hall–Kier alpha value is -1.19. The fourth-order valence-electron chi connectivity index (χ4n) is 3.64. The van der Waals surface area contributed by atoms with E-state index in [1.807, 2.05) is 0 Å². The van der Waals surface area contributed by atoms with Crippen LogP contribution >= 0.6 is 0 Å². The molecule has 0 spiro atoms. The maximum absolute atomic E-state index is 11.8. The van der Waals surface area contributed by atoms with Gasteiger partial charge in [-0.3, -0.25) is 14.1 Å². The fourth-order valence-corrected chi connectivity index (χ4v) is 4.29. The topological polar surface area (TPSA) is 127 Å². The third kappa shape index (κ3) is 19.9. The van der Waals surface area contributed by atoms with Crippen molar-refractivity contribution in [1.82, 2.24) is 0 Å².